The van der Waals surface area contributed by atoms with E-state index in [1.807, 2.05) is 6.07 Å². The van der Waals surface area contributed by atoms with Crippen LogP contribution in [0.25, 0.3) is 0 Å². The van der Waals surface area contributed by atoms with Crippen molar-refractivity contribution in [2.24, 2.45) is 10.8 Å². The summed E-state index contributed by atoms with van der Waals surface area (Å²) < 4.78 is 0. The predicted octanol–water partition coefficient (Wildman–Crippen LogP) is 2.21. The van der Waals surface area contributed by atoms with Gasteiger partial charge in [0, 0.05) is 36.7 Å². The molecule has 1 atom stereocenters. The zero-order chi connectivity index (χ0) is 18.4. The first kappa shape index (κ1) is 17.7. The van der Waals surface area contributed by atoms with Gasteiger partial charge in [0.25, 0.3) is 5.91 Å². The average molecular weight is 358 g/mol. The van der Waals surface area contributed by atoms with Crippen LogP contribution in [0.4, 0.5) is 5.82 Å². The molecule has 0 radical (unpaired) electrons. The lowest BCUT2D eigenvalue weighted by atomic mass is 9.75. The molecule has 3 aliphatic rings. The third-order valence-corrected chi connectivity index (χ3v) is 6.83. The fraction of sp³-hybridized carbons (Fsp3) is 0.750. The summed E-state index contributed by atoms with van der Waals surface area (Å²) in [5.74, 6) is 1.57. The maximum Gasteiger partial charge on any atom is 0.251 e. The molecule has 26 heavy (non-hydrogen) atoms. The Kier molecular flexibility index (Phi) is 4.21. The third kappa shape index (κ3) is 2.98. The number of rotatable bonds is 8. The van der Waals surface area contributed by atoms with Crippen LogP contribution < -0.4 is 10.6 Å². The lowest BCUT2D eigenvalue weighted by molar-refractivity contribution is -0.131. The molecule has 1 unspecified atom stereocenters. The van der Waals surface area contributed by atoms with Crippen molar-refractivity contribution < 1.29 is 9.90 Å². The van der Waals surface area contributed by atoms with Crippen molar-refractivity contribution in [1.29, 1.82) is 0 Å². The van der Waals surface area contributed by atoms with Gasteiger partial charge in [0.1, 0.15) is 17.2 Å². The molecule has 0 aliphatic heterocycles. The molecule has 1 aromatic heterocycles. The average Bonchev–Trinajstić information content (AvgIpc) is 3.52. The molecule has 6 heteroatoms. The summed E-state index contributed by atoms with van der Waals surface area (Å²) in [7, 11) is 0. The highest BCUT2D eigenvalue weighted by molar-refractivity contribution is 5.87. The fourth-order valence-corrected chi connectivity index (χ4v) is 4.48. The van der Waals surface area contributed by atoms with Crippen molar-refractivity contribution in [3.63, 3.8) is 0 Å². The highest BCUT2D eigenvalue weighted by Gasteiger charge is 2.69. The number of aryl methyl sites for hydroxylation is 2. The van der Waals surface area contributed by atoms with Gasteiger partial charge < -0.3 is 15.7 Å². The first-order valence-corrected chi connectivity index (χ1v) is 10.1. The summed E-state index contributed by atoms with van der Waals surface area (Å²) in [6, 6.07) is 2.04. The van der Waals surface area contributed by atoms with Crippen LogP contribution in [0.15, 0.2) is 6.07 Å². The summed E-state index contributed by atoms with van der Waals surface area (Å²) >= 11 is 0. The second-order valence-corrected chi connectivity index (χ2v) is 8.53. The maximum absolute atomic E-state index is 12.2. The summed E-state index contributed by atoms with van der Waals surface area (Å²) in [5.41, 5.74) is 0.449. The molecule has 1 amide bonds. The van der Waals surface area contributed by atoms with Crippen molar-refractivity contribution in [2.45, 2.75) is 70.8 Å². The molecule has 0 aromatic carbocycles. The van der Waals surface area contributed by atoms with Gasteiger partial charge in [0.05, 0.1) is 0 Å². The predicted molar refractivity (Wildman–Crippen MR) is 99.8 cm³/mol. The smallest absolute Gasteiger partial charge is 0.251 e. The molecule has 3 saturated carbocycles. The number of hydrogen-bond donors (Lipinski definition) is 3. The molecule has 142 valence electrons. The van der Waals surface area contributed by atoms with Crippen molar-refractivity contribution >= 4 is 11.7 Å². The largest absolute Gasteiger partial charge is 0.380 e. The lowest BCUT2D eigenvalue weighted by Gasteiger charge is -2.33. The van der Waals surface area contributed by atoms with Gasteiger partial charge in [-0.1, -0.05) is 20.3 Å². The monoisotopic (exact) mass is 358 g/mol. The van der Waals surface area contributed by atoms with Crippen LogP contribution in [0.2, 0.25) is 0 Å². The van der Waals surface area contributed by atoms with Crippen LogP contribution >= 0.6 is 0 Å². The molecule has 1 heterocycles. The second-order valence-electron chi connectivity index (χ2n) is 8.53. The quantitative estimate of drug-likeness (QED) is 0.663. The molecule has 1 spiro atoms. The van der Waals surface area contributed by atoms with E-state index in [2.05, 4.69) is 34.4 Å². The van der Waals surface area contributed by atoms with Crippen LogP contribution in [0.1, 0.15) is 63.9 Å². The zero-order valence-corrected chi connectivity index (χ0v) is 15.9. The van der Waals surface area contributed by atoms with E-state index < -0.39 is 5.60 Å². The molecular weight excluding hydrogens is 328 g/mol. The first-order chi connectivity index (χ1) is 12.4. The van der Waals surface area contributed by atoms with Crippen LogP contribution in [-0.2, 0) is 17.6 Å². The second kappa shape index (κ2) is 6.19. The Morgan fingerprint density at radius 3 is 2.46 bits per heavy atom. The van der Waals surface area contributed by atoms with Gasteiger partial charge in [-0.25, -0.2) is 9.97 Å². The number of anilines is 1. The number of nitrogens with zero attached hydrogens (tertiary/aromatic N) is 2. The summed E-state index contributed by atoms with van der Waals surface area (Å²) in [6.45, 7) is 5.64. The Labute approximate surface area is 155 Å². The minimum Gasteiger partial charge on any atom is -0.380 e. The molecule has 3 N–H and O–H groups in total. The zero-order valence-electron chi connectivity index (χ0n) is 15.9. The van der Waals surface area contributed by atoms with Gasteiger partial charge in [0.2, 0.25) is 0 Å². The van der Waals surface area contributed by atoms with Crippen LogP contribution in [0, 0.1) is 10.8 Å². The molecule has 0 bridgehead atoms. The van der Waals surface area contributed by atoms with E-state index in [0.717, 1.165) is 43.1 Å². The fourth-order valence-electron chi connectivity index (χ4n) is 4.48. The van der Waals surface area contributed by atoms with Crippen LogP contribution in [-0.4, -0.2) is 39.7 Å². The van der Waals surface area contributed by atoms with Crippen molar-refractivity contribution in [1.82, 2.24) is 15.3 Å². The maximum atomic E-state index is 12.2. The Balaban J connectivity index is 1.43. The van der Waals surface area contributed by atoms with E-state index in [1.54, 1.807) is 0 Å². The first-order valence-electron chi connectivity index (χ1n) is 10.1. The van der Waals surface area contributed by atoms with E-state index in [1.165, 1.54) is 19.3 Å². The summed E-state index contributed by atoms with van der Waals surface area (Å²) in [4.78, 5) is 21.3. The van der Waals surface area contributed by atoms with Crippen molar-refractivity contribution in [3.8, 4) is 0 Å². The molecular formula is C20H30N4O2. The van der Waals surface area contributed by atoms with E-state index in [9.17, 15) is 9.90 Å². The Hall–Kier alpha value is -1.69. The minimum atomic E-state index is -1.09. The van der Waals surface area contributed by atoms with Crippen LogP contribution in [0.3, 0.4) is 0 Å². The van der Waals surface area contributed by atoms with Gasteiger partial charge >= 0.3 is 0 Å². The van der Waals surface area contributed by atoms with Crippen molar-refractivity contribution in [3.05, 3.63) is 17.6 Å². The van der Waals surface area contributed by atoms with Gasteiger partial charge in [-0.3, -0.25) is 4.79 Å². The van der Waals surface area contributed by atoms with E-state index in [4.69, 9.17) is 0 Å². The molecule has 0 saturated heterocycles. The normalized spacial score (nSPS) is 26.9. The van der Waals surface area contributed by atoms with E-state index in [0.29, 0.717) is 24.8 Å². The van der Waals surface area contributed by atoms with Crippen LogP contribution in [0.5, 0.6) is 0 Å². The summed E-state index contributed by atoms with van der Waals surface area (Å²) in [6.07, 6.45) is 7.84. The molecule has 6 nitrogen and oxygen atoms in total. The molecule has 4 rings (SSSR count). The SMILES string of the molecule is CCc1cc(NCC2(CNC(=O)C3(O)CC3)CC23CCC3)nc(CC)n1. The highest BCUT2D eigenvalue weighted by atomic mass is 16.3. The Bertz CT molecular complexity index is 690. The Morgan fingerprint density at radius 2 is 1.92 bits per heavy atom. The van der Waals surface area contributed by atoms with Gasteiger partial charge in [-0.2, -0.15) is 0 Å². The summed E-state index contributed by atoms with van der Waals surface area (Å²) in [5, 5.41) is 16.6. The van der Waals surface area contributed by atoms with Crippen molar-refractivity contribution in [2.75, 3.05) is 18.4 Å². The molecule has 3 fully saturated rings. The Morgan fingerprint density at radius 1 is 1.15 bits per heavy atom. The number of aliphatic hydroxyl groups is 1. The molecule has 3 aliphatic carbocycles. The lowest BCUT2D eigenvalue weighted by Crippen LogP contribution is -2.43. The highest BCUT2D eigenvalue weighted by Crippen LogP contribution is 2.73. The topological polar surface area (TPSA) is 87.1 Å². The third-order valence-electron chi connectivity index (χ3n) is 6.83. The van der Waals surface area contributed by atoms with Gasteiger partial charge in [0.15, 0.2) is 0 Å². The van der Waals surface area contributed by atoms with E-state index in [-0.39, 0.29) is 11.3 Å². The number of amides is 1. The van der Waals surface area contributed by atoms with Gasteiger partial charge in [-0.15, -0.1) is 0 Å². The number of carbonyl (C=O) groups excluding carboxylic acids is 1. The van der Waals surface area contributed by atoms with Gasteiger partial charge in [-0.05, 0) is 43.9 Å². The number of hydrogen-bond acceptors (Lipinski definition) is 5. The minimum absolute atomic E-state index is 0.0931. The van der Waals surface area contributed by atoms with E-state index >= 15 is 0 Å². The standard InChI is InChI=1S/C20H30N4O2/c1-3-14-10-16(24-15(4-2)23-14)21-12-19(11-18(19)6-5-7-18)13-22-17(25)20(26)8-9-20/h10,26H,3-9,11-13H2,1-2H3,(H,22,25)(H,21,23,24). The number of carbonyl (C=O) groups is 1. The number of aromatic nitrogens is 2. The number of nitrogens with one attached hydrogen (secondary N) is 2. The molecule has 1 aromatic rings.